The number of halogens is 2. The average molecular weight is 276 g/mol. The normalized spacial score (nSPS) is 10.4. The smallest absolute Gasteiger partial charge is 0.299 e. The van der Waals surface area contributed by atoms with Gasteiger partial charge in [-0.2, -0.15) is 0 Å². The first-order valence-corrected chi connectivity index (χ1v) is 5.91. The largest absolute Gasteiger partial charge is 0.428 e. The zero-order valence-corrected chi connectivity index (χ0v) is 10.3. The lowest BCUT2D eigenvalue weighted by atomic mass is 10.3. The van der Waals surface area contributed by atoms with Gasteiger partial charge in [0.05, 0.1) is 5.02 Å². The fourth-order valence-corrected chi connectivity index (χ4v) is 1.91. The fraction of sp³-hybridized carbons (Fsp3) is 0.111. The second kappa shape index (κ2) is 4.97. The molecule has 0 saturated heterocycles. The lowest BCUT2D eigenvalue weighted by Gasteiger charge is -2.03. The second-order valence-corrected chi connectivity index (χ2v) is 4.71. The maximum Gasteiger partial charge on any atom is 0.299 e. The molecule has 16 heavy (non-hydrogen) atoms. The third kappa shape index (κ3) is 2.62. The lowest BCUT2D eigenvalue weighted by Crippen LogP contribution is -1.94. The molecule has 2 rings (SSSR count). The Morgan fingerprint density at radius 2 is 2.12 bits per heavy atom. The van der Waals surface area contributed by atoms with Crippen LogP contribution in [-0.4, -0.2) is 10.2 Å². The predicted molar refractivity (Wildman–Crippen MR) is 64.3 cm³/mol. The van der Waals surface area contributed by atoms with Crippen molar-refractivity contribution < 1.29 is 4.74 Å². The molecule has 2 N–H and O–H groups in total. The molecule has 0 aliphatic heterocycles. The summed E-state index contributed by atoms with van der Waals surface area (Å²) in [6.07, 6.45) is 0. The number of benzene rings is 1. The summed E-state index contributed by atoms with van der Waals surface area (Å²) in [4.78, 5) is 0. The summed E-state index contributed by atoms with van der Waals surface area (Å²) in [5.74, 6) is 0.453. The molecule has 0 radical (unpaired) electrons. The van der Waals surface area contributed by atoms with Crippen molar-refractivity contribution in [2.45, 2.75) is 6.54 Å². The van der Waals surface area contributed by atoms with Crippen LogP contribution in [0.1, 0.15) is 5.01 Å². The van der Waals surface area contributed by atoms with Crippen molar-refractivity contribution in [3.05, 3.63) is 33.3 Å². The van der Waals surface area contributed by atoms with E-state index in [0.717, 1.165) is 0 Å². The third-order valence-corrected chi connectivity index (χ3v) is 3.08. The molecule has 1 aromatic carbocycles. The molecule has 1 heterocycles. The van der Waals surface area contributed by atoms with Gasteiger partial charge in [0.25, 0.3) is 5.19 Å². The molecule has 0 amide bonds. The highest BCUT2D eigenvalue weighted by molar-refractivity contribution is 7.13. The number of aromatic nitrogens is 2. The number of hydrogen-bond acceptors (Lipinski definition) is 5. The van der Waals surface area contributed by atoms with Crippen LogP contribution in [0.5, 0.6) is 10.9 Å². The van der Waals surface area contributed by atoms with Crippen molar-refractivity contribution in [2.24, 2.45) is 5.73 Å². The molecule has 0 aliphatic rings. The molecular weight excluding hydrogens is 269 g/mol. The van der Waals surface area contributed by atoms with E-state index in [0.29, 0.717) is 32.5 Å². The van der Waals surface area contributed by atoms with Crippen molar-refractivity contribution >= 4 is 34.5 Å². The molecule has 4 nitrogen and oxygen atoms in total. The topological polar surface area (TPSA) is 61.0 Å². The van der Waals surface area contributed by atoms with Crippen LogP contribution in [0.3, 0.4) is 0 Å². The predicted octanol–water partition coefficient (Wildman–Crippen LogP) is 3.10. The van der Waals surface area contributed by atoms with Gasteiger partial charge in [-0.25, -0.2) is 0 Å². The van der Waals surface area contributed by atoms with Gasteiger partial charge < -0.3 is 10.5 Å². The summed E-state index contributed by atoms with van der Waals surface area (Å²) < 4.78 is 5.45. The first-order valence-electron chi connectivity index (χ1n) is 4.34. The Balaban J connectivity index is 2.22. The molecule has 0 saturated carbocycles. The Kier molecular flexibility index (Phi) is 3.60. The van der Waals surface area contributed by atoms with Gasteiger partial charge >= 0.3 is 0 Å². The third-order valence-electron chi connectivity index (χ3n) is 1.71. The van der Waals surface area contributed by atoms with Crippen molar-refractivity contribution in [2.75, 3.05) is 0 Å². The molecular formula is C9H7Cl2N3OS. The van der Waals surface area contributed by atoms with Crippen molar-refractivity contribution in [3.63, 3.8) is 0 Å². The monoisotopic (exact) mass is 275 g/mol. The van der Waals surface area contributed by atoms with Crippen LogP contribution in [0, 0.1) is 0 Å². The highest BCUT2D eigenvalue weighted by atomic mass is 35.5. The number of nitrogens with two attached hydrogens (primary N) is 1. The number of hydrogen-bond donors (Lipinski definition) is 1. The number of rotatable bonds is 3. The lowest BCUT2D eigenvalue weighted by molar-refractivity contribution is 0.473. The minimum absolute atomic E-state index is 0.338. The second-order valence-electron chi connectivity index (χ2n) is 2.84. The van der Waals surface area contributed by atoms with Gasteiger partial charge in [-0.3, -0.25) is 0 Å². The van der Waals surface area contributed by atoms with E-state index in [1.807, 2.05) is 0 Å². The Labute approximate surface area is 106 Å². The molecule has 0 atom stereocenters. The standard InChI is InChI=1S/C9H7Cl2N3OS/c10-5-1-2-6(11)7(3-5)15-9-14-13-8(4-12)16-9/h1-3H,4,12H2. The molecule has 0 unspecified atom stereocenters. The minimum atomic E-state index is 0.338. The van der Waals surface area contributed by atoms with E-state index in [4.69, 9.17) is 33.7 Å². The van der Waals surface area contributed by atoms with Crippen LogP contribution < -0.4 is 10.5 Å². The van der Waals surface area contributed by atoms with E-state index >= 15 is 0 Å². The van der Waals surface area contributed by atoms with Gasteiger partial charge in [0.1, 0.15) is 10.8 Å². The zero-order chi connectivity index (χ0) is 11.5. The summed E-state index contributed by atoms with van der Waals surface area (Å²) in [5.41, 5.74) is 5.42. The van der Waals surface area contributed by atoms with Gasteiger partial charge in [0.15, 0.2) is 0 Å². The van der Waals surface area contributed by atoms with Crippen LogP contribution in [-0.2, 0) is 6.54 Å². The molecule has 0 fully saturated rings. The molecule has 2 aromatic rings. The van der Waals surface area contributed by atoms with Crippen molar-refractivity contribution in [3.8, 4) is 10.9 Å². The van der Waals surface area contributed by atoms with E-state index in [1.165, 1.54) is 11.3 Å². The molecule has 0 aliphatic carbocycles. The first kappa shape index (κ1) is 11.6. The SMILES string of the molecule is NCc1nnc(Oc2cc(Cl)ccc2Cl)s1. The zero-order valence-electron chi connectivity index (χ0n) is 7.98. The Bertz CT molecular complexity index is 503. The summed E-state index contributed by atoms with van der Waals surface area (Å²) in [6.45, 7) is 0.338. The summed E-state index contributed by atoms with van der Waals surface area (Å²) >= 11 is 13.0. The fourth-order valence-electron chi connectivity index (χ4n) is 1.01. The minimum Gasteiger partial charge on any atom is -0.428 e. The molecule has 1 aromatic heterocycles. The van der Waals surface area contributed by atoms with Gasteiger partial charge in [-0.15, -0.1) is 5.10 Å². The maximum absolute atomic E-state index is 5.93. The first-order chi connectivity index (χ1) is 7.69. The van der Waals surface area contributed by atoms with Crippen LogP contribution in [0.2, 0.25) is 10.0 Å². The Morgan fingerprint density at radius 3 is 2.81 bits per heavy atom. The van der Waals surface area contributed by atoms with Crippen LogP contribution in [0.4, 0.5) is 0 Å². The molecule has 0 bridgehead atoms. The van der Waals surface area contributed by atoms with Crippen LogP contribution in [0.25, 0.3) is 0 Å². The van der Waals surface area contributed by atoms with E-state index in [-0.39, 0.29) is 0 Å². The highest BCUT2D eigenvalue weighted by Crippen LogP contribution is 2.32. The molecule has 84 valence electrons. The maximum atomic E-state index is 5.93. The van der Waals surface area contributed by atoms with Crippen LogP contribution >= 0.6 is 34.5 Å². The van der Waals surface area contributed by atoms with Gasteiger partial charge in [-0.05, 0) is 12.1 Å². The highest BCUT2D eigenvalue weighted by Gasteiger charge is 2.08. The number of nitrogens with zero attached hydrogens (tertiary/aromatic N) is 2. The quantitative estimate of drug-likeness (QED) is 0.935. The summed E-state index contributed by atoms with van der Waals surface area (Å²) in [5, 5.41) is 9.75. The van der Waals surface area contributed by atoms with E-state index in [9.17, 15) is 0 Å². The van der Waals surface area contributed by atoms with E-state index in [2.05, 4.69) is 10.2 Å². The Hall–Kier alpha value is -0.880. The van der Waals surface area contributed by atoms with Gasteiger partial charge in [0.2, 0.25) is 0 Å². The Morgan fingerprint density at radius 1 is 1.31 bits per heavy atom. The molecule has 7 heteroatoms. The number of ether oxygens (including phenoxy) is 1. The average Bonchev–Trinajstić information content (AvgIpc) is 2.71. The molecule has 0 spiro atoms. The van der Waals surface area contributed by atoms with Gasteiger partial charge in [-0.1, -0.05) is 39.6 Å². The van der Waals surface area contributed by atoms with Crippen LogP contribution in [0.15, 0.2) is 18.2 Å². The van der Waals surface area contributed by atoms with Crippen molar-refractivity contribution in [1.82, 2.24) is 10.2 Å². The summed E-state index contributed by atoms with van der Waals surface area (Å²) in [6, 6.07) is 4.96. The van der Waals surface area contributed by atoms with E-state index in [1.54, 1.807) is 18.2 Å². The summed E-state index contributed by atoms with van der Waals surface area (Å²) in [7, 11) is 0. The van der Waals surface area contributed by atoms with Crippen molar-refractivity contribution in [1.29, 1.82) is 0 Å². The van der Waals surface area contributed by atoms with Gasteiger partial charge in [0, 0.05) is 17.6 Å². The van der Waals surface area contributed by atoms with E-state index < -0.39 is 0 Å².